The van der Waals surface area contributed by atoms with Crippen LogP contribution in [0, 0.1) is 5.41 Å². The molecule has 0 radical (unpaired) electrons. The monoisotopic (exact) mass is 332 g/mol. The number of aromatic nitrogens is 1. The summed E-state index contributed by atoms with van der Waals surface area (Å²) in [6, 6.07) is 9.85. The SMILES string of the molecule is CN(Cc1cncc(Br)c1)Cc1cccc(C(=N)N)c1. The number of rotatable bonds is 5. The van der Waals surface area contributed by atoms with Crippen molar-refractivity contribution in [1.82, 2.24) is 9.88 Å². The second-order valence-corrected chi connectivity index (χ2v) is 5.71. The summed E-state index contributed by atoms with van der Waals surface area (Å²) in [5.74, 6) is 0.102. The average Bonchev–Trinajstić information content (AvgIpc) is 2.38. The van der Waals surface area contributed by atoms with E-state index in [1.165, 1.54) is 0 Å². The van der Waals surface area contributed by atoms with E-state index in [-0.39, 0.29) is 5.84 Å². The summed E-state index contributed by atoms with van der Waals surface area (Å²) < 4.78 is 0.988. The molecule has 0 aliphatic carbocycles. The predicted molar refractivity (Wildman–Crippen MR) is 84.6 cm³/mol. The number of hydrogen-bond donors (Lipinski definition) is 2. The number of nitrogens with zero attached hydrogens (tertiary/aromatic N) is 2. The van der Waals surface area contributed by atoms with Crippen LogP contribution in [0.25, 0.3) is 0 Å². The molecule has 0 unspecified atom stereocenters. The fraction of sp³-hybridized carbons (Fsp3) is 0.200. The van der Waals surface area contributed by atoms with Crippen LogP contribution in [-0.2, 0) is 13.1 Å². The van der Waals surface area contributed by atoms with E-state index >= 15 is 0 Å². The molecular weight excluding hydrogens is 316 g/mol. The first kappa shape index (κ1) is 14.7. The van der Waals surface area contributed by atoms with E-state index in [4.69, 9.17) is 11.1 Å². The molecule has 5 heteroatoms. The van der Waals surface area contributed by atoms with Crippen LogP contribution in [0.3, 0.4) is 0 Å². The lowest BCUT2D eigenvalue weighted by molar-refractivity contribution is 0.318. The van der Waals surface area contributed by atoms with Gasteiger partial charge in [0, 0.05) is 35.5 Å². The number of benzene rings is 1. The van der Waals surface area contributed by atoms with Crippen LogP contribution in [0.1, 0.15) is 16.7 Å². The molecule has 0 aliphatic rings. The summed E-state index contributed by atoms with van der Waals surface area (Å²) in [6.07, 6.45) is 3.65. The summed E-state index contributed by atoms with van der Waals surface area (Å²) in [5, 5.41) is 7.47. The molecule has 2 aromatic rings. The molecule has 4 nitrogen and oxygen atoms in total. The van der Waals surface area contributed by atoms with Gasteiger partial charge in [0.1, 0.15) is 5.84 Å². The van der Waals surface area contributed by atoms with Crippen LogP contribution >= 0.6 is 15.9 Å². The van der Waals surface area contributed by atoms with Gasteiger partial charge in [0.15, 0.2) is 0 Å². The molecule has 0 atom stereocenters. The van der Waals surface area contributed by atoms with Gasteiger partial charge in [-0.1, -0.05) is 18.2 Å². The van der Waals surface area contributed by atoms with Gasteiger partial charge in [0.2, 0.25) is 0 Å². The number of pyridine rings is 1. The molecule has 0 fully saturated rings. The van der Waals surface area contributed by atoms with Crippen LogP contribution in [0.5, 0.6) is 0 Å². The number of nitrogens with two attached hydrogens (primary N) is 1. The molecule has 20 heavy (non-hydrogen) atoms. The third-order valence-corrected chi connectivity index (χ3v) is 3.34. The maximum Gasteiger partial charge on any atom is 0.122 e. The minimum atomic E-state index is 0.102. The van der Waals surface area contributed by atoms with E-state index in [1.54, 1.807) is 6.20 Å². The van der Waals surface area contributed by atoms with Crippen LogP contribution in [0.15, 0.2) is 47.2 Å². The second kappa shape index (κ2) is 6.63. The molecule has 0 bridgehead atoms. The zero-order valence-electron chi connectivity index (χ0n) is 11.3. The fourth-order valence-electron chi connectivity index (χ4n) is 2.06. The summed E-state index contributed by atoms with van der Waals surface area (Å²) >= 11 is 3.43. The van der Waals surface area contributed by atoms with Gasteiger partial charge in [-0.15, -0.1) is 0 Å². The standard InChI is InChI=1S/C15H17BrN4/c1-20(10-12-6-14(16)8-19-7-12)9-11-3-2-4-13(5-11)15(17)18/h2-8H,9-10H2,1H3,(H3,17,18). The highest BCUT2D eigenvalue weighted by molar-refractivity contribution is 9.10. The molecule has 0 saturated heterocycles. The molecule has 2 rings (SSSR count). The maximum atomic E-state index is 7.47. The Morgan fingerprint density at radius 2 is 2.00 bits per heavy atom. The van der Waals surface area contributed by atoms with Gasteiger partial charge in [0.25, 0.3) is 0 Å². The Labute approximate surface area is 127 Å². The molecule has 104 valence electrons. The van der Waals surface area contributed by atoms with Crippen LogP contribution in [0.2, 0.25) is 0 Å². The fourth-order valence-corrected chi connectivity index (χ4v) is 2.47. The van der Waals surface area contributed by atoms with Crippen LogP contribution < -0.4 is 5.73 Å². The van der Waals surface area contributed by atoms with Crippen LogP contribution in [-0.4, -0.2) is 22.8 Å². The molecule has 1 aromatic carbocycles. The van der Waals surface area contributed by atoms with Crippen molar-refractivity contribution in [3.05, 3.63) is 63.9 Å². The van der Waals surface area contributed by atoms with Gasteiger partial charge in [-0.3, -0.25) is 15.3 Å². The van der Waals surface area contributed by atoms with Gasteiger partial charge in [-0.05, 0) is 46.2 Å². The van der Waals surface area contributed by atoms with Gasteiger partial charge < -0.3 is 5.73 Å². The zero-order chi connectivity index (χ0) is 14.5. The Bertz CT molecular complexity index is 612. The quantitative estimate of drug-likeness (QED) is 0.653. The lowest BCUT2D eigenvalue weighted by atomic mass is 10.1. The van der Waals surface area contributed by atoms with Gasteiger partial charge >= 0.3 is 0 Å². The third-order valence-electron chi connectivity index (χ3n) is 2.90. The molecule has 0 spiro atoms. The van der Waals surface area contributed by atoms with Crippen molar-refractivity contribution in [1.29, 1.82) is 5.41 Å². The molecule has 1 heterocycles. The van der Waals surface area contributed by atoms with Crippen molar-refractivity contribution in [2.75, 3.05) is 7.05 Å². The van der Waals surface area contributed by atoms with Crippen molar-refractivity contribution in [2.24, 2.45) is 5.73 Å². The van der Waals surface area contributed by atoms with Crippen molar-refractivity contribution < 1.29 is 0 Å². The smallest absolute Gasteiger partial charge is 0.122 e. The van der Waals surface area contributed by atoms with Crippen molar-refractivity contribution >= 4 is 21.8 Å². The maximum absolute atomic E-state index is 7.47. The van der Waals surface area contributed by atoms with Crippen molar-refractivity contribution in [3.8, 4) is 0 Å². The Hall–Kier alpha value is -1.72. The Kier molecular flexibility index (Phi) is 4.87. The largest absolute Gasteiger partial charge is 0.384 e. The molecular formula is C15H17BrN4. The minimum Gasteiger partial charge on any atom is -0.384 e. The third kappa shape index (κ3) is 4.15. The Morgan fingerprint density at radius 1 is 1.25 bits per heavy atom. The number of nitrogen functional groups attached to an aromatic ring is 1. The summed E-state index contributed by atoms with van der Waals surface area (Å²) in [6.45, 7) is 1.62. The highest BCUT2D eigenvalue weighted by atomic mass is 79.9. The molecule has 1 aromatic heterocycles. The Morgan fingerprint density at radius 3 is 2.70 bits per heavy atom. The normalized spacial score (nSPS) is 10.8. The predicted octanol–water partition coefficient (Wildman–Crippen LogP) is 2.76. The highest BCUT2D eigenvalue weighted by Gasteiger charge is 2.04. The molecule has 0 aliphatic heterocycles. The van der Waals surface area contributed by atoms with E-state index in [1.807, 2.05) is 30.5 Å². The minimum absolute atomic E-state index is 0.102. The lowest BCUT2D eigenvalue weighted by Gasteiger charge is -2.17. The van der Waals surface area contributed by atoms with E-state index < -0.39 is 0 Å². The zero-order valence-corrected chi connectivity index (χ0v) is 12.9. The number of amidine groups is 1. The number of hydrogen-bond acceptors (Lipinski definition) is 3. The molecule has 3 N–H and O–H groups in total. The second-order valence-electron chi connectivity index (χ2n) is 4.80. The highest BCUT2D eigenvalue weighted by Crippen LogP contribution is 2.13. The Balaban J connectivity index is 2.02. The van der Waals surface area contributed by atoms with Crippen molar-refractivity contribution in [2.45, 2.75) is 13.1 Å². The first-order valence-corrected chi connectivity index (χ1v) is 7.05. The van der Waals surface area contributed by atoms with Gasteiger partial charge in [0.05, 0.1) is 0 Å². The van der Waals surface area contributed by atoms with E-state index in [0.29, 0.717) is 0 Å². The number of nitrogens with one attached hydrogen (secondary N) is 1. The van der Waals surface area contributed by atoms with Gasteiger partial charge in [-0.25, -0.2) is 0 Å². The first-order chi connectivity index (χ1) is 9.54. The number of halogens is 1. The topological polar surface area (TPSA) is 66.0 Å². The van der Waals surface area contributed by atoms with E-state index in [9.17, 15) is 0 Å². The first-order valence-electron chi connectivity index (χ1n) is 6.26. The van der Waals surface area contributed by atoms with E-state index in [2.05, 4.69) is 38.9 Å². The lowest BCUT2D eigenvalue weighted by Crippen LogP contribution is -2.18. The summed E-state index contributed by atoms with van der Waals surface area (Å²) in [5.41, 5.74) is 8.57. The van der Waals surface area contributed by atoms with Crippen LogP contribution in [0.4, 0.5) is 0 Å². The van der Waals surface area contributed by atoms with E-state index in [0.717, 1.165) is 34.3 Å². The molecule has 0 amide bonds. The van der Waals surface area contributed by atoms with Crippen molar-refractivity contribution in [3.63, 3.8) is 0 Å². The summed E-state index contributed by atoms with van der Waals surface area (Å²) in [4.78, 5) is 6.36. The van der Waals surface area contributed by atoms with Gasteiger partial charge in [-0.2, -0.15) is 0 Å². The summed E-state index contributed by atoms with van der Waals surface area (Å²) in [7, 11) is 2.06. The molecule has 0 saturated carbocycles. The average molecular weight is 333 g/mol.